The highest BCUT2D eigenvalue weighted by Crippen LogP contribution is 2.40. The monoisotopic (exact) mass is 500 g/mol. The van der Waals surface area contributed by atoms with E-state index in [1.165, 1.54) is 34.5 Å². The number of nitrogens with zero attached hydrogens (tertiary/aromatic N) is 1. The summed E-state index contributed by atoms with van der Waals surface area (Å²) in [5.41, 5.74) is 2.32. The van der Waals surface area contributed by atoms with Gasteiger partial charge in [0.2, 0.25) is 0 Å². The van der Waals surface area contributed by atoms with Crippen LogP contribution >= 0.6 is 0 Å². The van der Waals surface area contributed by atoms with E-state index in [9.17, 15) is 9.18 Å². The Kier molecular flexibility index (Phi) is 7.23. The van der Waals surface area contributed by atoms with Gasteiger partial charge in [-0.2, -0.15) is 0 Å². The van der Waals surface area contributed by atoms with Gasteiger partial charge in [-0.1, -0.05) is 54.6 Å². The van der Waals surface area contributed by atoms with Gasteiger partial charge < -0.3 is 24.8 Å². The summed E-state index contributed by atoms with van der Waals surface area (Å²) in [6.07, 6.45) is 0.543. The van der Waals surface area contributed by atoms with Gasteiger partial charge in [-0.15, -0.1) is 0 Å². The fourth-order valence-corrected chi connectivity index (χ4v) is 4.81. The van der Waals surface area contributed by atoms with Crippen LogP contribution < -0.4 is 19.7 Å². The summed E-state index contributed by atoms with van der Waals surface area (Å²) in [5, 5.41) is 15.0. The van der Waals surface area contributed by atoms with Crippen molar-refractivity contribution in [2.24, 2.45) is 0 Å². The van der Waals surface area contributed by atoms with Crippen LogP contribution in [0.3, 0.4) is 0 Å². The van der Waals surface area contributed by atoms with E-state index in [1.54, 1.807) is 0 Å². The first-order valence-corrected chi connectivity index (χ1v) is 12.4. The highest BCUT2D eigenvalue weighted by molar-refractivity contribution is 5.86. The summed E-state index contributed by atoms with van der Waals surface area (Å²) in [7, 11) is 0. The van der Waals surface area contributed by atoms with Gasteiger partial charge >= 0.3 is 5.97 Å². The highest BCUT2D eigenvalue weighted by atomic mass is 19.1. The Balaban J connectivity index is 1.31. The molecule has 4 aromatic rings. The Morgan fingerprint density at radius 3 is 2.73 bits per heavy atom. The molecule has 7 heteroatoms. The minimum absolute atomic E-state index is 0.151. The summed E-state index contributed by atoms with van der Waals surface area (Å²) in [6, 6.07) is 26.7. The molecule has 2 N–H and O–H groups in total. The number of ether oxygens (including phenoxy) is 2. The van der Waals surface area contributed by atoms with Crippen LogP contribution in [-0.4, -0.2) is 36.9 Å². The predicted molar refractivity (Wildman–Crippen MR) is 142 cm³/mol. The van der Waals surface area contributed by atoms with E-state index in [4.69, 9.17) is 14.6 Å². The number of carbonyl (C=O) groups is 1. The molecule has 0 radical (unpaired) electrons. The van der Waals surface area contributed by atoms with Gasteiger partial charge in [0, 0.05) is 12.1 Å². The lowest BCUT2D eigenvalue weighted by Gasteiger charge is -2.36. The molecule has 4 aromatic carbocycles. The Morgan fingerprint density at radius 1 is 1.08 bits per heavy atom. The molecular formula is C30H29FN2O4. The number of aliphatic carboxylic acids is 1. The molecule has 1 aliphatic heterocycles. The lowest BCUT2D eigenvalue weighted by atomic mass is 9.99. The third-order valence-corrected chi connectivity index (χ3v) is 6.61. The SMILES string of the molecule is CC(NCCC1CN(c2cc(OCC(=O)O)ccc2F)c2ccccc2O1)c1cccc2ccccc12. The fourth-order valence-electron chi connectivity index (χ4n) is 4.81. The van der Waals surface area contributed by atoms with E-state index in [2.05, 4.69) is 48.6 Å². The van der Waals surface area contributed by atoms with E-state index < -0.39 is 18.4 Å². The Morgan fingerprint density at radius 2 is 1.86 bits per heavy atom. The third-order valence-electron chi connectivity index (χ3n) is 6.61. The molecule has 2 atom stereocenters. The molecule has 0 bridgehead atoms. The Hall–Kier alpha value is -4.10. The van der Waals surface area contributed by atoms with Crippen LogP contribution in [0.4, 0.5) is 15.8 Å². The van der Waals surface area contributed by atoms with Crippen molar-refractivity contribution in [3.63, 3.8) is 0 Å². The van der Waals surface area contributed by atoms with Crippen molar-refractivity contribution in [3.05, 3.63) is 96.3 Å². The third kappa shape index (κ3) is 5.52. The van der Waals surface area contributed by atoms with Gasteiger partial charge in [0.1, 0.15) is 23.4 Å². The van der Waals surface area contributed by atoms with Gasteiger partial charge in [-0.3, -0.25) is 0 Å². The maximum atomic E-state index is 15.0. The Bertz CT molecular complexity index is 1400. The van der Waals surface area contributed by atoms with E-state index in [0.717, 1.165) is 18.7 Å². The van der Waals surface area contributed by atoms with Crippen LogP contribution in [0.15, 0.2) is 84.9 Å². The molecule has 37 heavy (non-hydrogen) atoms. The second-order valence-corrected chi connectivity index (χ2v) is 9.15. The van der Waals surface area contributed by atoms with E-state index in [-0.39, 0.29) is 12.1 Å². The lowest BCUT2D eigenvalue weighted by Crippen LogP contribution is -2.39. The van der Waals surface area contributed by atoms with Gasteiger partial charge in [-0.25, -0.2) is 9.18 Å². The standard InChI is InChI=1S/C30H29FN2O4/c1-20(24-10-6-8-21-7-2-3-9-25(21)24)32-16-15-23-18-33(27-11-4-5-12-29(27)37-23)28-17-22(13-14-26(28)31)36-19-30(34)35/h2-14,17,20,23,32H,15-16,18-19H2,1H3,(H,34,35). The van der Waals surface area contributed by atoms with Crippen LogP contribution in [0, 0.1) is 5.82 Å². The van der Waals surface area contributed by atoms with Crippen molar-refractivity contribution in [1.82, 2.24) is 5.32 Å². The number of carboxylic acids is 1. The van der Waals surface area contributed by atoms with Gasteiger partial charge in [0.25, 0.3) is 0 Å². The number of rotatable bonds is 9. The number of fused-ring (bicyclic) bond motifs is 2. The number of halogens is 1. The molecule has 0 aromatic heterocycles. The zero-order valence-electron chi connectivity index (χ0n) is 20.6. The molecule has 2 unspecified atom stereocenters. The summed E-state index contributed by atoms with van der Waals surface area (Å²) in [6.45, 7) is 2.83. The van der Waals surface area contributed by atoms with Crippen LogP contribution in [-0.2, 0) is 4.79 Å². The molecule has 0 saturated heterocycles. The van der Waals surface area contributed by atoms with Crippen LogP contribution in [0.25, 0.3) is 10.8 Å². The fraction of sp³-hybridized carbons (Fsp3) is 0.233. The second kappa shape index (κ2) is 10.9. The number of hydrogen-bond donors (Lipinski definition) is 2. The molecule has 1 aliphatic rings. The van der Waals surface area contributed by atoms with E-state index in [0.29, 0.717) is 23.7 Å². The number of benzene rings is 4. The summed E-state index contributed by atoms with van der Waals surface area (Å²) < 4.78 is 26.6. The zero-order valence-corrected chi connectivity index (χ0v) is 20.6. The van der Waals surface area contributed by atoms with Crippen molar-refractivity contribution in [2.45, 2.75) is 25.5 Å². The van der Waals surface area contributed by atoms with Gasteiger partial charge in [0.05, 0.1) is 17.9 Å². The average molecular weight is 501 g/mol. The van der Waals surface area contributed by atoms with Crippen LogP contribution in [0.2, 0.25) is 0 Å². The van der Waals surface area contributed by atoms with Crippen molar-refractivity contribution < 1.29 is 23.8 Å². The second-order valence-electron chi connectivity index (χ2n) is 9.15. The molecule has 0 spiro atoms. The van der Waals surface area contributed by atoms with Crippen LogP contribution in [0.1, 0.15) is 24.9 Å². The summed E-state index contributed by atoms with van der Waals surface area (Å²) in [4.78, 5) is 12.8. The molecule has 0 amide bonds. The molecule has 0 saturated carbocycles. The number of anilines is 2. The average Bonchev–Trinajstić information content (AvgIpc) is 2.91. The topological polar surface area (TPSA) is 71.0 Å². The smallest absolute Gasteiger partial charge is 0.341 e. The number of para-hydroxylation sites is 2. The molecule has 190 valence electrons. The van der Waals surface area contributed by atoms with Crippen molar-refractivity contribution >= 4 is 28.1 Å². The van der Waals surface area contributed by atoms with E-state index in [1.807, 2.05) is 35.2 Å². The first kappa shape index (κ1) is 24.6. The molecule has 5 rings (SSSR count). The van der Waals surface area contributed by atoms with Crippen molar-refractivity contribution in [2.75, 3.05) is 24.6 Å². The van der Waals surface area contributed by atoms with Crippen molar-refractivity contribution in [1.29, 1.82) is 0 Å². The minimum Gasteiger partial charge on any atom is -0.486 e. The molecule has 0 aliphatic carbocycles. The lowest BCUT2D eigenvalue weighted by molar-refractivity contribution is -0.139. The maximum absolute atomic E-state index is 15.0. The van der Waals surface area contributed by atoms with Crippen molar-refractivity contribution in [3.8, 4) is 11.5 Å². The summed E-state index contributed by atoms with van der Waals surface area (Å²) in [5.74, 6) is -0.532. The molecule has 1 heterocycles. The van der Waals surface area contributed by atoms with Gasteiger partial charge in [-0.05, 0) is 60.5 Å². The largest absolute Gasteiger partial charge is 0.486 e. The van der Waals surface area contributed by atoms with E-state index >= 15 is 0 Å². The number of carboxylic acid groups (broad SMARTS) is 1. The number of nitrogens with one attached hydrogen (secondary N) is 1. The maximum Gasteiger partial charge on any atom is 0.341 e. The quantitative estimate of drug-likeness (QED) is 0.290. The highest BCUT2D eigenvalue weighted by Gasteiger charge is 2.28. The zero-order chi connectivity index (χ0) is 25.8. The Labute approximate surface area is 215 Å². The predicted octanol–water partition coefficient (Wildman–Crippen LogP) is 6.08. The first-order chi connectivity index (χ1) is 18.0. The minimum atomic E-state index is -1.09. The first-order valence-electron chi connectivity index (χ1n) is 12.4. The number of hydrogen-bond acceptors (Lipinski definition) is 5. The van der Waals surface area contributed by atoms with Crippen LogP contribution in [0.5, 0.6) is 11.5 Å². The molecule has 6 nitrogen and oxygen atoms in total. The normalized spacial score (nSPS) is 15.6. The molecular weight excluding hydrogens is 471 g/mol. The molecule has 0 fully saturated rings. The summed E-state index contributed by atoms with van der Waals surface area (Å²) >= 11 is 0. The van der Waals surface area contributed by atoms with Gasteiger partial charge in [0.15, 0.2) is 6.61 Å².